The van der Waals surface area contributed by atoms with Gasteiger partial charge >= 0.3 is 12.7 Å². The van der Waals surface area contributed by atoms with Crippen molar-refractivity contribution >= 4 is 36.0 Å². The Hall–Kier alpha value is -1.85. The van der Waals surface area contributed by atoms with Crippen LogP contribution in [-0.2, 0) is 11.3 Å². The van der Waals surface area contributed by atoms with Crippen LogP contribution in [0.3, 0.4) is 0 Å². The summed E-state index contributed by atoms with van der Waals surface area (Å²) in [4.78, 5) is 18.1. The molecule has 2 N–H and O–H groups in total. The summed E-state index contributed by atoms with van der Waals surface area (Å²) in [6, 6.07) is 6.66. The Balaban J connectivity index is 0.00000480. The number of alkyl halides is 2. The second-order valence-corrected chi connectivity index (χ2v) is 8.20. The zero-order valence-corrected chi connectivity index (χ0v) is 20.8. The topological polar surface area (TPSA) is 75.2 Å². The molecule has 1 aromatic rings. The van der Waals surface area contributed by atoms with Gasteiger partial charge in [-0.25, -0.2) is 4.79 Å². The van der Waals surface area contributed by atoms with E-state index in [0.29, 0.717) is 43.6 Å². The number of piperidine rings is 1. The van der Waals surface area contributed by atoms with Gasteiger partial charge in [0, 0.05) is 38.8 Å². The van der Waals surface area contributed by atoms with Gasteiger partial charge < -0.3 is 25.0 Å². The van der Waals surface area contributed by atoms with Gasteiger partial charge in [0.1, 0.15) is 11.4 Å². The van der Waals surface area contributed by atoms with Crippen LogP contribution in [0.15, 0.2) is 29.3 Å². The highest BCUT2D eigenvalue weighted by Gasteiger charge is 2.26. The van der Waals surface area contributed by atoms with Gasteiger partial charge in [-0.1, -0.05) is 18.2 Å². The number of halogens is 3. The lowest BCUT2D eigenvalue weighted by Gasteiger charge is -2.33. The average Bonchev–Trinajstić information content (AvgIpc) is 2.68. The summed E-state index contributed by atoms with van der Waals surface area (Å²) >= 11 is 0. The molecule has 1 amide bonds. The van der Waals surface area contributed by atoms with E-state index in [9.17, 15) is 13.6 Å². The summed E-state index contributed by atoms with van der Waals surface area (Å²) in [5.74, 6) is 1.12. The smallest absolute Gasteiger partial charge is 0.410 e. The summed E-state index contributed by atoms with van der Waals surface area (Å²) in [6.45, 7) is 5.04. The molecule has 0 atom stereocenters. The van der Waals surface area contributed by atoms with Crippen LogP contribution >= 0.6 is 24.0 Å². The van der Waals surface area contributed by atoms with E-state index in [0.717, 1.165) is 12.8 Å². The molecule has 0 spiro atoms. The minimum atomic E-state index is -2.87. The predicted molar refractivity (Wildman–Crippen MR) is 127 cm³/mol. The number of para-hydroxylation sites is 1. The molecule has 0 bridgehead atoms. The largest absolute Gasteiger partial charge is 0.444 e. The van der Waals surface area contributed by atoms with E-state index in [2.05, 4.69) is 20.4 Å². The Morgan fingerprint density at radius 3 is 2.45 bits per heavy atom. The number of guanidine groups is 1. The lowest BCUT2D eigenvalue weighted by molar-refractivity contribution is -0.0504. The van der Waals surface area contributed by atoms with Crippen molar-refractivity contribution in [1.29, 1.82) is 0 Å². The Morgan fingerprint density at radius 2 is 1.87 bits per heavy atom. The molecule has 0 aliphatic carbocycles. The van der Waals surface area contributed by atoms with Gasteiger partial charge in [-0.2, -0.15) is 8.78 Å². The van der Waals surface area contributed by atoms with Gasteiger partial charge in [0.2, 0.25) is 0 Å². The van der Waals surface area contributed by atoms with Gasteiger partial charge in [0.15, 0.2) is 5.96 Å². The lowest BCUT2D eigenvalue weighted by Crippen LogP contribution is -2.45. The molecule has 0 radical (unpaired) electrons. The number of nitrogens with zero attached hydrogens (tertiary/aromatic N) is 2. The van der Waals surface area contributed by atoms with Gasteiger partial charge in [0.05, 0.1) is 0 Å². The second-order valence-electron chi connectivity index (χ2n) is 8.20. The molecule has 0 unspecified atom stereocenters. The maximum atomic E-state index is 12.5. The van der Waals surface area contributed by atoms with Crippen molar-refractivity contribution in [3.63, 3.8) is 0 Å². The van der Waals surface area contributed by atoms with E-state index in [1.165, 1.54) is 6.07 Å². The first kappa shape index (κ1) is 27.2. The van der Waals surface area contributed by atoms with Crippen molar-refractivity contribution in [2.75, 3.05) is 26.7 Å². The standard InChI is InChI=1S/C21H32F2N4O3.HI/c1-21(2,3)30-20(28)27-11-9-15(10-12-27)13-25-19(24-4)26-14-16-7-5-6-8-17(16)29-18(22)23;/h5-8,15,18H,9-14H2,1-4H3,(H2,24,25,26);1H. The molecule has 1 aromatic carbocycles. The molecule has 176 valence electrons. The van der Waals surface area contributed by atoms with Crippen LogP contribution in [0.5, 0.6) is 5.75 Å². The summed E-state index contributed by atoms with van der Waals surface area (Å²) in [5.41, 5.74) is 0.124. The highest BCUT2D eigenvalue weighted by molar-refractivity contribution is 14.0. The van der Waals surface area contributed by atoms with Crippen LogP contribution in [0.4, 0.5) is 13.6 Å². The molecule has 1 aliphatic rings. The van der Waals surface area contributed by atoms with Crippen LogP contribution in [-0.4, -0.2) is 55.8 Å². The Morgan fingerprint density at radius 1 is 1.23 bits per heavy atom. The third-order valence-corrected chi connectivity index (χ3v) is 4.68. The molecule has 0 saturated carbocycles. The molecular formula is C21H33F2IN4O3. The second kappa shape index (κ2) is 12.9. The van der Waals surface area contributed by atoms with Crippen molar-refractivity contribution in [3.8, 4) is 5.75 Å². The number of likely N-dealkylation sites (tertiary alicyclic amines) is 1. The third-order valence-electron chi connectivity index (χ3n) is 4.68. The van der Waals surface area contributed by atoms with Crippen molar-refractivity contribution in [3.05, 3.63) is 29.8 Å². The molecule has 2 rings (SSSR count). The molecular weight excluding hydrogens is 521 g/mol. The number of aliphatic imine (C=N–C) groups is 1. The predicted octanol–water partition coefficient (Wildman–Crippen LogP) is 4.22. The number of hydrogen-bond acceptors (Lipinski definition) is 4. The van der Waals surface area contributed by atoms with E-state index in [-0.39, 0.29) is 35.8 Å². The first-order valence-corrected chi connectivity index (χ1v) is 10.1. The zero-order chi connectivity index (χ0) is 22.1. The summed E-state index contributed by atoms with van der Waals surface area (Å²) in [6.07, 6.45) is 1.47. The lowest BCUT2D eigenvalue weighted by atomic mass is 9.97. The van der Waals surface area contributed by atoms with Crippen LogP contribution in [0.1, 0.15) is 39.2 Å². The quantitative estimate of drug-likeness (QED) is 0.313. The number of nitrogens with one attached hydrogen (secondary N) is 2. The SMILES string of the molecule is CN=C(NCc1ccccc1OC(F)F)NCC1CCN(C(=O)OC(C)(C)C)CC1.I. The fraction of sp³-hybridized carbons (Fsp3) is 0.619. The minimum absolute atomic E-state index is 0. The van der Waals surface area contributed by atoms with E-state index in [1.54, 1.807) is 30.1 Å². The first-order chi connectivity index (χ1) is 14.2. The Kier molecular flexibility index (Phi) is 11.3. The number of amides is 1. The van der Waals surface area contributed by atoms with Crippen molar-refractivity contribution in [1.82, 2.24) is 15.5 Å². The number of rotatable bonds is 6. The number of benzene rings is 1. The number of carbonyl (C=O) groups is 1. The minimum Gasteiger partial charge on any atom is -0.444 e. The Bertz CT molecular complexity index is 721. The number of carbonyl (C=O) groups excluding carboxylic acids is 1. The zero-order valence-electron chi connectivity index (χ0n) is 18.5. The highest BCUT2D eigenvalue weighted by Crippen LogP contribution is 2.21. The van der Waals surface area contributed by atoms with Crippen LogP contribution in [0.25, 0.3) is 0 Å². The van der Waals surface area contributed by atoms with Gasteiger partial charge in [-0.15, -0.1) is 24.0 Å². The molecule has 7 nitrogen and oxygen atoms in total. The molecule has 0 aromatic heterocycles. The van der Waals surface area contributed by atoms with Crippen LogP contribution in [0, 0.1) is 5.92 Å². The maximum Gasteiger partial charge on any atom is 0.410 e. The van der Waals surface area contributed by atoms with Gasteiger partial charge in [-0.3, -0.25) is 4.99 Å². The molecule has 10 heteroatoms. The Labute approximate surface area is 200 Å². The molecule has 31 heavy (non-hydrogen) atoms. The molecule has 1 aliphatic heterocycles. The fourth-order valence-electron chi connectivity index (χ4n) is 3.15. The van der Waals surface area contributed by atoms with Crippen molar-refractivity contribution in [2.24, 2.45) is 10.9 Å². The molecule has 1 fully saturated rings. The first-order valence-electron chi connectivity index (χ1n) is 10.1. The summed E-state index contributed by atoms with van der Waals surface area (Å²) in [5, 5.41) is 6.39. The average molecular weight is 554 g/mol. The van der Waals surface area contributed by atoms with E-state index in [1.807, 2.05) is 20.8 Å². The molecule has 1 saturated heterocycles. The molecule has 1 heterocycles. The van der Waals surface area contributed by atoms with E-state index < -0.39 is 12.2 Å². The van der Waals surface area contributed by atoms with E-state index in [4.69, 9.17) is 4.74 Å². The summed E-state index contributed by atoms with van der Waals surface area (Å²) in [7, 11) is 1.65. The van der Waals surface area contributed by atoms with Gasteiger partial charge in [0.25, 0.3) is 0 Å². The fourth-order valence-corrected chi connectivity index (χ4v) is 3.15. The van der Waals surface area contributed by atoms with Crippen molar-refractivity contribution < 1.29 is 23.0 Å². The third kappa shape index (κ3) is 9.88. The monoisotopic (exact) mass is 554 g/mol. The summed E-state index contributed by atoms with van der Waals surface area (Å²) < 4.78 is 35.0. The normalized spacial score (nSPS) is 15.3. The van der Waals surface area contributed by atoms with E-state index >= 15 is 0 Å². The van der Waals surface area contributed by atoms with Crippen LogP contribution in [0.2, 0.25) is 0 Å². The maximum absolute atomic E-state index is 12.5. The van der Waals surface area contributed by atoms with Crippen molar-refractivity contribution in [2.45, 2.75) is 52.4 Å². The van der Waals surface area contributed by atoms with Gasteiger partial charge in [-0.05, 0) is 45.6 Å². The number of hydrogen-bond donors (Lipinski definition) is 2. The number of ether oxygens (including phenoxy) is 2. The highest BCUT2D eigenvalue weighted by atomic mass is 127. The van der Waals surface area contributed by atoms with Crippen LogP contribution < -0.4 is 15.4 Å².